The first kappa shape index (κ1) is 18.9. The second kappa shape index (κ2) is 9.16. The number of benzene rings is 2. The Morgan fingerprint density at radius 2 is 1.56 bits per heavy atom. The maximum atomic E-state index is 12.7. The van der Waals surface area contributed by atoms with Crippen LogP contribution in [0.4, 0.5) is 0 Å². The second-order valence-electron chi connectivity index (χ2n) is 6.68. The largest absolute Gasteiger partial charge is 0.465 e. The molecule has 2 rings (SSSR count). The van der Waals surface area contributed by atoms with Gasteiger partial charge in [0.2, 0.25) is 0 Å². The minimum absolute atomic E-state index is 0.0357. The molecular formula is C22H26O3. The summed E-state index contributed by atoms with van der Waals surface area (Å²) in [7, 11) is 0. The van der Waals surface area contributed by atoms with E-state index >= 15 is 0 Å². The molecule has 0 aromatic heterocycles. The van der Waals surface area contributed by atoms with Crippen molar-refractivity contribution in [3.63, 3.8) is 0 Å². The normalized spacial score (nSPS) is 13.0. The average Bonchev–Trinajstić information content (AvgIpc) is 2.63. The molecule has 2 aromatic carbocycles. The number of carbonyl (C=O) groups is 2. The van der Waals surface area contributed by atoms with E-state index in [1.807, 2.05) is 55.5 Å². The number of ketones is 1. The summed E-state index contributed by atoms with van der Waals surface area (Å²) < 4.78 is 5.47. The maximum absolute atomic E-state index is 12.7. The third-order valence-corrected chi connectivity index (χ3v) is 4.31. The van der Waals surface area contributed by atoms with E-state index in [1.165, 1.54) is 0 Å². The molecule has 0 aliphatic rings. The Morgan fingerprint density at radius 3 is 2.16 bits per heavy atom. The van der Waals surface area contributed by atoms with E-state index in [4.69, 9.17) is 4.74 Å². The standard InChI is InChI=1S/C22H26O3/c1-3-4-15-25-21(24)22(2,16-18-11-7-5-8-12-18)17-20(23)19-13-9-6-10-14-19/h5-14H,3-4,15-17H2,1-2H3/t22-/m0/s1. The molecule has 1 atom stereocenters. The van der Waals surface area contributed by atoms with Gasteiger partial charge in [-0.3, -0.25) is 9.59 Å². The summed E-state index contributed by atoms with van der Waals surface area (Å²) in [5, 5.41) is 0. The molecule has 3 nitrogen and oxygen atoms in total. The molecule has 0 spiro atoms. The molecule has 2 aromatic rings. The van der Waals surface area contributed by atoms with Crippen LogP contribution in [0.3, 0.4) is 0 Å². The number of rotatable bonds is 9. The summed E-state index contributed by atoms with van der Waals surface area (Å²) in [4.78, 5) is 25.4. The smallest absolute Gasteiger partial charge is 0.312 e. The van der Waals surface area contributed by atoms with Crippen molar-refractivity contribution >= 4 is 11.8 Å². The van der Waals surface area contributed by atoms with Crippen LogP contribution in [0.5, 0.6) is 0 Å². The number of hydrogen-bond donors (Lipinski definition) is 0. The summed E-state index contributed by atoms with van der Waals surface area (Å²) >= 11 is 0. The number of ether oxygens (including phenoxy) is 1. The summed E-state index contributed by atoms with van der Waals surface area (Å²) in [6.07, 6.45) is 2.42. The molecule has 0 amide bonds. The lowest BCUT2D eigenvalue weighted by molar-refractivity contribution is -0.155. The predicted molar refractivity (Wildman–Crippen MR) is 99.5 cm³/mol. The number of carbonyl (C=O) groups excluding carboxylic acids is 2. The van der Waals surface area contributed by atoms with Gasteiger partial charge < -0.3 is 4.74 Å². The molecule has 132 valence electrons. The highest BCUT2D eigenvalue weighted by atomic mass is 16.5. The van der Waals surface area contributed by atoms with E-state index in [9.17, 15) is 9.59 Å². The lowest BCUT2D eigenvalue weighted by Crippen LogP contribution is -2.35. The van der Waals surface area contributed by atoms with Gasteiger partial charge in [0.05, 0.1) is 12.0 Å². The van der Waals surface area contributed by atoms with Crippen molar-refractivity contribution in [2.75, 3.05) is 6.61 Å². The molecule has 0 radical (unpaired) electrons. The molecule has 0 bridgehead atoms. The van der Waals surface area contributed by atoms with Crippen LogP contribution in [-0.4, -0.2) is 18.4 Å². The van der Waals surface area contributed by atoms with Crippen LogP contribution in [0.25, 0.3) is 0 Å². The van der Waals surface area contributed by atoms with Crippen molar-refractivity contribution in [3.8, 4) is 0 Å². The van der Waals surface area contributed by atoms with Crippen LogP contribution in [-0.2, 0) is 16.0 Å². The number of Topliss-reactive ketones (excluding diaryl/α,β-unsaturated/α-hetero) is 1. The van der Waals surface area contributed by atoms with Gasteiger partial charge >= 0.3 is 5.97 Å². The van der Waals surface area contributed by atoms with Gasteiger partial charge in [0.1, 0.15) is 0 Å². The third-order valence-electron chi connectivity index (χ3n) is 4.31. The van der Waals surface area contributed by atoms with E-state index in [1.54, 1.807) is 12.1 Å². The average molecular weight is 338 g/mol. The zero-order chi connectivity index (χ0) is 18.1. The van der Waals surface area contributed by atoms with Gasteiger partial charge in [-0.05, 0) is 25.3 Å². The van der Waals surface area contributed by atoms with Gasteiger partial charge in [-0.25, -0.2) is 0 Å². The first-order valence-corrected chi connectivity index (χ1v) is 8.84. The predicted octanol–water partition coefficient (Wildman–Crippen LogP) is 4.85. The molecule has 0 aliphatic carbocycles. The summed E-state index contributed by atoms with van der Waals surface area (Å²) in [5.74, 6) is -0.333. The molecule has 0 unspecified atom stereocenters. The van der Waals surface area contributed by atoms with Crippen LogP contribution in [0.15, 0.2) is 60.7 Å². The Hall–Kier alpha value is -2.42. The van der Waals surface area contributed by atoms with Crippen LogP contribution >= 0.6 is 0 Å². The van der Waals surface area contributed by atoms with E-state index in [0.717, 1.165) is 18.4 Å². The number of unbranched alkanes of at least 4 members (excludes halogenated alkanes) is 1. The molecule has 0 fully saturated rings. The van der Waals surface area contributed by atoms with Crippen LogP contribution in [0.2, 0.25) is 0 Å². The molecule has 3 heteroatoms. The molecule has 0 aliphatic heterocycles. The van der Waals surface area contributed by atoms with Crippen LogP contribution in [0.1, 0.15) is 49.0 Å². The van der Waals surface area contributed by atoms with Crippen molar-refractivity contribution in [1.29, 1.82) is 0 Å². The van der Waals surface area contributed by atoms with Crippen LogP contribution in [0, 0.1) is 5.41 Å². The van der Waals surface area contributed by atoms with Gasteiger partial charge in [-0.1, -0.05) is 74.0 Å². The zero-order valence-electron chi connectivity index (χ0n) is 15.0. The lowest BCUT2D eigenvalue weighted by atomic mass is 9.78. The monoisotopic (exact) mass is 338 g/mol. The Morgan fingerprint density at radius 1 is 0.960 bits per heavy atom. The van der Waals surface area contributed by atoms with E-state index in [-0.39, 0.29) is 18.2 Å². The fraction of sp³-hybridized carbons (Fsp3) is 0.364. The minimum Gasteiger partial charge on any atom is -0.465 e. The molecule has 25 heavy (non-hydrogen) atoms. The van der Waals surface area contributed by atoms with Crippen molar-refractivity contribution in [1.82, 2.24) is 0 Å². The van der Waals surface area contributed by atoms with Crippen molar-refractivity contribution < 1.29 is 14.3 Å². The fourth-order valence-electron chi connectivity index (χ4n) is 2.82. The first-order valence-electron chi connectivity index (χ1n) is 8.84. The van der Waals surface area contributed by atoms with Gasteiger partial charge in [0, 0.05) is 12.0 Å². The topological polar surface area (TPSA) is 43.4 Å². The van der Waals surface area contributed by atoms with E-state index in [2.05, 4.69) is 6.92 Å². The summed E-state index contributed by atoms with van der Waals surface area (Å²) in [6, 6.07) is 18.9. The fourth-order valence-corrected chi connectivity index (χ4v) is 2.82. The molecule has 0 N–H and O–H groups in total. The highest BCUT2D eigenvalue weighted by molar-refractivity contribution is 5.99. The number of esters is 1. The lowest BCUT2D eigenvalue weighted by Gasteiger charge is -2.27. The Labute approximate surface area is 150 Å². The highest BCUT2D eigenvalue weighted by Gasteiger charge is 2.37. The quantitative estimate of drug-likeness (QED) is 0.373. The van der Waals surface area contributed by atoms with Crippen LogP contribution < -0.4 is 0 Å². The van der Waals surface area contributed by atoms with E-state index in [0.29, 0.717) is 18.6 Å². The third kappa shape index (κ3) is 5.56. The highest BCUT2D eigenvalue weighted by Crippen LogP contribution is 2.30. The summed E-state index contributed by atoms with van der Waals surface area (Å²) in [5.41, 5.74) is 0.781. The molecule has 0 heterocycles. The Bertz CT molecular complexity index is 679. The van der Waals surface area contributed by atoms with Crippen molar-refractivity contribution in [2.45, 2.75) is 39.5 Å². The molecule has 0 saturated heterocycles. The zero-order valence-corrected chi connectivity index (χ0v) is 15.0. The molecular weight excluding hydrogens is 312 g/mol. The number of hydrogen-bond acceptors (Lipinski definition) is 3. The van der Waals surface area contributed by atoms with Gasteiger partial charge in [0.15, 0.2) is 5.78 Å². The van der Waals surface area contributed by atoms with Gasteiger partial charge in [-0.2, -0.15) is 0 Å². The first-order chi connectivity index (χ1) is 12.0. The second-order valence-corrected chi connectivity index (χ2v) is 6.68. The Balaban J connectivity index is 2.18. The van der Waals surface area contributed by atoms with Crippen molar-refractivity contribution in [3.05, 3.63) is 71.8 Å². The summed E-state index contributed by atoms with van der Waals surface area (Å²) in [6.45, 7) is 4.28. The van der Waals surface area contributed by atoms with E-state index < -0.39 is 5.41 Å². The Kier molecular flexibility index (Phi) is 6.93. The van der Waals surface area contributed by atoms with Gasteiger partial charge in [0.25, 0.3) is 0 Å². The minimum atomic E-state index is -0.873. The molecule has 0 saturated carbocycles. The SMILES string of the molecule is CCCCOC(=O)[C@](C)(CC(=O)c1ccccc1)Cc1ccccc1. The van der Waals surface area contributed by atoms with Gasteiger partial charge in [-0.15, -0.1) is 0 Å². The maximum Gasteiger partial charge on any atom is 0.312 e. The van der Waals surface area contributed by atoms with Crippen molar-refractivity contribution in [2.24, 2.45) is 5.41 Å².